The maximum absolute atomic E-state index is 13.3. The summed E-state index contributed by atoms with van der Waals surface area (Å²) in [5.74, 6) is -2.69. The number of anilines is 1. The Balaban J connectivity index is 1.64. The number of carbonyl (C=O) groups excluding carboxylic acids is 1. The number of hydrogen-bond donors (Lipinski definition) is 2. The van der Waals surface area contributed by atoms with E-state index in [2.05, 4.69) is 25.7 Å². The SMILES string of the molecule is Cc1[nH]ncc1-c1nnc(NC(=O)N2CCCC(F)(F)CC2)s1. The van der Waals surface area contributed by atoms with Crippen molar-refractivity contribution in [2.45, 2.75) is 32.1 Å². The predicted molar refractivity (Wildman–Crippen MR) is 81.6 cm³/mol. The van der Waals surface area contributed by atoms with E-state index in [0.29, 0.717) is 16.7 Å². The standard InChI is InChI=1S/C13H16F2N6OS/c1-8-9(7-16-18-8)10-19-20-11(23-10)17-12(22)21-5-2-3-13(14,15)4-6-21/h7H,2-6H2,1H3,(H,16,18)(H,17,20,22). The number of carbonyl (C=O) groups is 1. The number of aryl methyl sites for hydroxylation is 1. The van der Waals surface area contributed by atoms with Crippen molar-refractivity contribution in [1.29, 1.82) is 0 Å². The lowest BCUT2D eigenvalue weighted by atomic mass is 10.1. The van der Waals surface area contributed by atoms with Crippen molar-refractivity contribution in [3.8, 4) is 10.6 Å². The first-order chi connectivity index (χ1) is 10.9. The highest BCUT2D eigenvalue weighted by atomic mass is 32.1. The molecule has 0 aromatic carbocycles. The van der Waals surface area contributed by atoms with Gasteiger partial charge in [-0.25, -0.2) is 13.6 Å². The molecule has 2 aromatic heterocycles. The summed E-state index contributed by atoms with van der Waals surface area (Å²) in [6.45, 7) is 2.21. The van der Waals surface area contributed by atoms with E-state index in [1.165, 1.54) is 16.2 Å². The molecule has 2 N–H and O–H groups in total. The minimum absolute atomic E-state index is 0.0331. The fourth-order valence-electron chi connectivity index (χ4n) is 2.39. The average molecular weight is 342 g/mol. The number of aromatic nitrogens is 4. The van der Waals surface area contributed by atoms with Crippen molar-refractivity contribution in [1.82, 2.24) is 25.3 Å². The van der Waals surface area contributed by atoms with Crippen molar-refractivity contribution < 1.29 is 13.6 Å². The smallest absolute Gasteiger partial charge is 0.323 e. The van der Waals surface area contributed by atoms with Gasteiger partial charge in [-0.1, -0.05) is 11.3 Å². The fourth-order valence-corrected chi connectivity index (χ4v) is 3.19. The zero-order chi connectivity index (χ0) is 16.4. The topological polar surface area (TPSA) is 86.8 Å². The molecule has 7 nitrogen and oxygen atoms in total. The van der Waals surface area contributed by atoms with Gasteiger partial charge in [0.05, 0.1) is 11.8 Å². The summed E-state index contributed by atoms with van der Waals surface area (Å²) in [7, 11) is 0. The molecule has 1 aliphatic rings. The van der Waals surface area contributed by atoms with Gasteiger partial charge in [0.2, 0.25) is 11.1 Å². The molecule has 2 aromatic rings. The van der Waals surface area contributed by atoms with Crippen LogP contribution >= 0.6 is 11.3 Å². The van der Waals surface area contributed by atoms with Crippen LogP contribution in [0.5, 0.6) is 0 Å². The molecule has 0 radical (unpaired) electrons. The van der Waals surface area contributed by atoms with Crippen LogP contribution in [-0.2, 0) is 0 Å². The molecule has 23 heavy (non-hydrogen) atoms. The fraction of sp³-hybridized carbons (Fsp3) is 0.538. The van der Waals surface area contributed by atoms with Gasteiger partial charge in [-0.05, 0) is 13.3 Å². The lowest BCUT2D eigenvalue weighted by Crippen LogP contribution is -2.36. The van der Waals surface area contributed by atoms with Gasteiger partial charge in [-0.3, -0.25) is 10.4 Å². The molecule has 0 bridgehead atoms. The molecule has 10 heteroatoms. The number of H-pyrrole nitrogens is 1. The van der Waals surface area contributed by atoms with Crippen molar-refractivity contribution in [3.63, 3.8) is 0 Å². The quantitative estimate of drug-likeness (QED) is 0.878. The Hall–Kier alpha value is -2.10. The number of nitrogens with zero attached hydrogens (tertiary/aromatic N) is 4. The summed E-state index contributed by atoms with van der Waals surface area (Å²) < 4.78 is 26.7. The van der Waals surface area contributed by atoms with Crippen LogP contribution in [0.4, 0.5) is 18.7 Å². The maximum atomic E-state index is 13.3. The maximum Gasteiger partial charge on any atom is 0.323 e. The summed E-state index contributed by atoms with van der Waals surface area (Å²) in [5.41, 5.74) is 1.67. The molecule has 3 heterocycles. The summed E-state index contributed by atoms with van der Waals surface area (Å²) in [4.78, 5) is 13.6. The first kappa shape index (κ1) is 15.8. The van der Waals surface area contributed by atoms with Crippen LogP contribution in [-0.4, -0.2) is 50.3 Å². The second kappa shape index (κ2) is 6.19. The molecule has 1 aliphatic heterocycles. The number of alkyl halides is 2. The third kappa shape index (κ3) is 3.63. The highest BCUT2D eigenvalue weighted by Crippen LogP contribution is 2.29. The molecule has 0 unspecified atom stereocenters. The van der Waals surface area contributed by atoms with E-state index < -0.39 is 12.0 Å². The summed E-state index contributed by atoms with van der Waals surface area (Å²) in [5, 5.41) is 18.2. The van der Waals surface area contributed by atoms with E-state index in [1.54, 1.807) is 6.20 Å². The first-order valence-electron chi connectivity index (χ1n) is 7.22. The van der Waals surface area contributed by atoms with E-state index in [4.69, 9.17) is 0 Å². The van der Waals surface area contributed by atoms with Gasteiger partial charge in [-0.15, -0.1) is 10.2 Å². The highest BCUT2D eigenvalue weighted by Gasteiger charge is 2.33. The molecular weight excluding hydrogens is 326 g/mol. The lowest BCUT2D eigenvalue weighted by molar-refractivity contribution is -0.0121. The largest absolute Gasteiger partial charge is 0.324 e. The van der Waals surface area contributed by atoms with Crippen LogP contribution in [0, 0.1) is 6.92 Å². The van der Waals surface area contributed by atoms with Gasteiger partial charge in [0.1, 0.15) is 0 Å². The van der Waals surface area contributed by atoms with Gasteiger partial charge >= 0.3 is 6.03 Å². The Morgan fingerprint density at radius 1 is 1.39 bits per heavy atom. The van der Waals surface area contributed by atoms with Crippen molar-refractivity contribution in [2.75, 3.05) is 18.4 Å². The summed E-state index contributed by atoms with van der Waals surface area (Å²) in [6.07, 6.45) is 1.43. The number of likely N-dealkylation sites (tertiary alicyclic amines) is 1. The molecule has 0 atom stereocenters. The van der Waals surface area contributed by atoms with Crippen molar-refractivity contribution in [2.24, 2.45) is 0 Å². The molecule has 0 spiro atoms. The van der Waals surface area contributed by atoms with Gasteiger partial charge in [0.25, 0.3) is 0 Å². The second-order valence-corrected chi connectivity index (χ2v) is 6.43. The van der Waals surface area contributed by atoms with E-state index in [1.807, 2.05) is 6.92 Å². The molecular formula is C13H16F2N6OS. The number of hydrogen-bond acceptors (Lipinski definition) is 5. The molecule has 2 amide bonds. The predicted octanol–water partition coefficient (Wildman–Crippen LogP) is 2.89. The monoisotopic (exact) mass is 342 g/mol. The van der Waals surface area contributed by atoms with E-state index in [9.17, 15) is 13.6 Å². The van der Waals surface area contributed by atoms with Gasteiger partial charge in [0, 0.05) is 31.6 Å². The Bertz CT molecular complexity index is 700. The zero-order valence-corrected chi connectivity index (χ0v) is 13.3. The normalized spacial score (nSPS) is 17.8. The zero-order valence-electron chi connectivity index (χ0n) is 12.5. The van der Waals surface area contributed by atoms with Crippen LogP contribution in [0.15, 0.2) is 6.20 Å². The number of urea groups is 1. The highest BCUT2D eigenvalue weighted by molar-refractivity contribution is 7.18. The minimum Gasteiger partial charge on any atom is -0.324 e. The average Bonchev–Trinajstić information content (AvgIpc) is 3.06. The number of amides is 2. The Kier molecular flexibility index (Phi) is 4.24. The third-order valence-electron chi connectivity index (χ3n) is 3.70. The van der Waals surface area contributed by atoms with E-state index >= 15 is 0 Å². The number of halogens is 2. The third-order valence-corrected chi connectivity index (χ3v) is 4.58. The summed E-state index contributed by atoms with van der Waals surface area (Å²) in [6, 6.07) is -0.422. The number of rotatable bonds is 2. The van der Waals surface area contributed by atoms with Crippen LogP contribution in [0.2, 0.25) is 0 Å². The van der Waals surface area contributed by atoms with E-state index in [0.717, 1.165) is 11.3 Å². The van der Waals surface area contributed by atoms with Crippen LogP contribution in [0.3, 0.4) is 0 Å². The van der Waals surface area contributed by atoms with Crippen LogP contribution in [0.25, 0.3) is 10.6 Å². The summed E-state index contributed by atoms with van der Waals surface area (Å²) >= 11 is 1.21. The van der Waals surface area contributed by atoms with Gasteiger partial charge in [-0.2, -0.15) is 5.10 Å². The minimum atomic E-state index is -2.69. The number of aromatic amines is 1. The Labute approximate surface area is 135 Å². The molecule has 3 rings (SSSR count). The molecule has 1 fully saturated rings. The Morgan fingerprint density at radius 3 is 2.96 bits per heavy atom. The van der Waals surface area contributed by atoms with Gasteiger partial charge in [0.15, 0.2) is 5.01 Å². The van der Waals surface area contributed by atoms with Crippen LogP contribution in [0.1, 0.15) is 25.0 Å². The first-order valence-corrected chi connectivity index (χ1v) is 8.04. The molecule has 0 aliphatic carbocycles. The van der Waals surface area contributed by atoms with E-state index in [-0.39, 0.29) is 25.8 Å². The lowest BCUT2D eigenvalue weighted by Gasteiger charge is -2.19. The van der Waals surface area contributed by atoms with Crippen molar-refractivity contribution >= 4 is 22.5 Å². The van der Waals surface area contributed by atoms with Crippen molar-refractivity contribution in [3.05, 3.63) is 11.9 Å². The number of nitrogens with one attached hydrogen (secondary N) is 2. The molecule has 124 valence electrons. The second-order valence-electron chi connectivity index (χ2n) is 5.45. The Morgan fingerprint density at radius 2 is 2.22 bits per heavy atom. The molecule has 0 saturated carbocycles. The van der Waals surface area contributed by atoms with Gasteiger partial charge < -0.3 is 4.90 Å². The van der Waals surface area contributed by atoms with Crippen LogP contribution < -0.4 is 5.32 Å². The molecule has 1 saturated heterocycles.